The van der Waals surface area contributed by atoms with E-state index in [1.54, 1.807) is 4.90 Å². The molecule has 0 radical (unpaired) electrons. The van der Waals surface area contributed by atoms with Crippen molar-refractivity contribution < 1.29 is 14.4 Å². The van der Waals surface area contributed by atoms with Gasteiger partial charge in [0.05, 0.1) is 0 Å². The van der Waals surface area contributed by atoms with Crippen LogP contribution in [-0.4, -0.2) is 41.4 Å². The van der Waals surface area contributed by atoms with Crippen molar-refractivity contribution in [2.45, 2.75) is 78.2 Å². The van der Waals surface area contributed by atoms with Crippen LogP contribution in [0.3, 0.4) is 0 Å². The third-order valence-corrected chi connectivity index (χ3v) is 8.05. The largest absolute Gasteiger partial charge is 0.325 e. The van der Waals surface area contributed by atoms with Gasteiger partial charge < -0.3 is 10.2 Å². The number of benzene rings is 1. The Morgan fingerprint density at radius 3 is 2.61 bits per heavy atom. The zero-order chi connectivity index (χ0) is 22.4. The van der Waals surface area contributed by atoms with Crippen molar-refractivity contribution in [2.24, 2.45) is 11.3 Å². The Hall–Kier alpha value is -2.37. The Kier molecular flexibility index (Phi) is 5.61. The van der Waals surface area contributed by atoms with E-state index < -0.39 is 11.6 Å². The first kappa shape index (κ1) is 21.8. The van der Waals surface area contributed by atoms with Gasteiger partial charge in [-0.15, -0.1) is 0 Å². The van der Waals surface area contributed by atoms with E-state index in [1.807, 2.05) is 19.1 Å². The van der Waals surface area contributed by atoms with Gasteiger partial charge in [0.25, 0.3) is 5.91 Å². The van der Waals surface area contributed by atoms with E-state index in [4.69, 9.17) is 0 Å². The Morgan fingerprint density at radius 2 is 1.94 bits per heavy atom. The van der Waals surface area contributed by atoms with Gasteiger partial charge in [-0.05, 0) is 68.4 Å². The van der Waals surface area contributed by atoms with E-state index in [0.29, 0.717) is 25.3 Å². The van der Waals surface area contributed by atoms with Gasteiger partial charge in [0.2, 0.25) is 5.91 Å². The summed E-state index contributed by atoms with van der Waals surface area (Å²) in [4.78, 5) is 42.1. The molecule has 4 rings (SSSR count). The second-order valence-electron chi connectivity index (χ2n) is 10.3. The summed E-state index contributed by atoms with van der Waals surface area (Å²) in [7, 11) is 0. The Bertz CT molecular complexity index is 899. The highest BCUT2D eigenvalue weighted by atomic mass is 16.2. The van der Waals surface area contributed by atoms with Crippen molar-refractivity contribution in [3.05, 3.63) is 29.3 Å². The maximum atomic E-state index is 13.3. The summed E-state index contributed by atoms with van der Waals surface area (Å²) in [6.07, 6.45) is 6.09. The van der Waals surface area contributed by atoms with Crippen LogP contribution in [0.15, 0.2) is 18.2 Å². The van der Waals surface area contributed by atoms with Crippen molar-refractivity contribution in [2.75, 3.05) is 18.0 Å². The molecule has 4 amide bonds. The number of aryl methyl sites for hydroxylation is 2. The van der Waals surface area contributed by atoms with Crippen LogP contribution in [0.5, 0.6) is 0 Å². The lowest BCUT2D eigenvalue weighted by atomic mass is 9.65. The molecule has 0 unspecified atom stereocenters. The van der Waals surface area contributed by atoms with Crippen LogP contribution in [0.4, 0.5) is 10.5 Å². The SMILES string of the molecule is CCC(C)(C)C1CCC2(CC1)NC(=O)N(CC(=O)N1CCCc3cc(C)ccc31)C2=O. The number of urea groups is 1. The number of nitrogens with zero attached hydrogens (tertiary/aromatic N) is 2. The summed E-state index contributed by atoms with van der Waals surface area (Å²) in [5, 5.41) is 2.96. The first-order valence-corrected chi connectivity index (χ1v) is 11.7. The summed E-state index contributed by atoms with van der Waals surface area (Å²) in [5.74, 6) is 0.141. The topological polar surface area (TPSA) is 69.7 Å². The fraction of sp³-hybridized carbons (Fsp3) is 0.640. The molecule has 1 N–H and O–H groups in total. The number of imide groups is 1. The molecular formula is C25H35N3O3. The molecule has 1 spiro atoms. The maximum absolute atomic E-state index is 13.3. The molecule has 3 aliphatic rings. The van der Waals surface area contributed by atoms with Crippen molar-refractivity contribution in [3.63, 3.8) is 0 Å². The molecule has 2 aliphatic heterocycles. The third-order valence-electron chi connectivity index (χ3n) is 8.05. The normalized spacial score (nSPS) is 26.3. The number of carbonyl (C=O) groups is 3. The number of hydrogen-bond acceptors (Lipinski definition) is 3. The van der Waals surface area contributed by atoms with Gasteiger partial charge in [-0.2, -0.15) is 0 Å². The number of fused-ring (bicyclic) bond motifs is 1. The van der Waals surface area contributed by atoms with E-state index in [1.165, 1.54) is 5.56 Å². The van der Waals surface area contributed by atoms with Gasteiger partial charge in [-0.1, -0.05) is 44.9 Å². The lowest BCUT2D eigenvalue weighted by Gasteiger charge is -2.42. The van der Waals surface area contributed by atoms with Crippen LogP contribution >= 0.6 is 0 Å². The molecular weight excluding hydrogens is 390 g/mol. The lowest BCUT2D eigenvalue weighted by Crippen LogP contribution is -2.51. The van der Waals surface area contributed by atoms with Crippen LogP contribution in [0, 0.1) is 18.3 Å². The predicted molar refractivity (Wildman–Crippen MR) is 121 cm³/mol. The molecule has 0 bridgehead atoms. The lowest BCUT2D eigenvalue weighted by molar-refractivity contribution is -0.135. The van der Waals surface area contributed by atoms with E-state index in [2.05, 4.69) is 32.2 Å². The van der Waals surface area contributed by atoms with Gasteiger partial charge in [0, 0.05) is 12.2 Å². The van der Waals surface area contributed by atoms with Gasteiger partial charge >= 0.3 is 6.03 Å². The number of nitrogens with one attached hydrogen (secondary N) is 1. The van der Waals surface area contributed by atoms with Gasteiger partial charge in [0.15, 0.2) is 0 Å². The molecule has 1 aromatic carbocycles. The summed E-state index contributed by atoms with van der Waals surface area (Å²) in [6, 6.07) is 5.68. The first-order chi connectivity index (χ1) is 14.7. The smallest absolute Gasteiger partial charge is 0.323 e. The number of rotatable bonds is 4. The minimum absolute atomic E-state index is 0.189. The average Bonchev–Trinajstić information content (AvgIpc) is 2.97. The van der Waals surface area contributed by atoms with Crippen molar-refractivity contribution >= 4 is 23.5 Å². The van der Waals surface area contributed by atoms with Crippen LogP contribution in [0.25, 0.3) is 0 Å². The Balaban J connectivity index is 1.46. The highest BCUT2D eigenvalue weighted by Crippen LogP contribution is 2.45. The van der Waals surface area contributed by atoms with E-state index in [0.717, 1.165) is 48.3 Å². The summed E-state index contributed by atoms with van der Waals surface area (Å²) in [5.41, 5.74) is 2.65. The molecule has 168 valence electrons. The summed E-state index contributed by atoms with van der Waals surface area (Å²) in [6.45, 7) is 9.26. The molecule has 1 aromatic rings. The van der Waals surface area contributed by atoms with Crippen molar-refractivity contribution in [1.29, 1.82) is 0 Å². The van der Waals surface area contributed by atoms with Crippen LogP contribution < -0.4 is 10.2 Å². The number of carbonyl (C=O) groups excluding carboxylic acids is 3. The molecule has 1 saturated carbocycles. The van der Waals surface area contributed by atoms with Crippen LogP contribution in [-0.2, 0) is 16.0 Å². The molecule has 6 heteroatoms. The van der Waals surface area contributed by atoms with Gasteiger partial charge in [-0.3, -0.25) is 14.5 Å². The van der Waals surface area contributed by atoms with Gasteiger partial charge in [-0.25, -0.2) is 4.79 Å². The average molecular weight is 426 g/mol. The minimum Gasteiger partial charge on any atom is -0.323 e. The highest BCUT2D eigenvalue weighted by Gasteiger charge is 2.54. The fourth-order valence-corrected chi connectivity index (χ4v) is 5.55. The fourth-order valence-electron chi connectivity index (χ4n) is 5.55. The van der Waals surface area contributed by atoms with Crippen LogP contribution in [0.2, 0.25) is 0 Å². The van der Waals surface area contributed by atoms with E-state index in [-0.39, 0.29) is 23.8 Å². The molecule has 1 aliphatic carbocycles. The van der Waals surface area contributed by atoms with E-state index in [9.17, 15) is 14.4 Å². The molecule has 0 aromatic heterocycles. The monoisotopic (exact) mass is 425 g/mol. The predicted octanol–water partition coefficient (Wildman–Crippen LogP) is 4.19. The van der Waals surface area contributed by atoms with Crippen molar-refractivity contribution in [3.8, 4) is 0 Å². The molecule has 2 heterocycles. The maximum Gasteiger partial charge on any atom is 0.325 e. The standard InChI is InChI=1S/C25H35N3O3/c1-5-24(3,4)19-10-12-25(13-11-19)22(30)28(23(31)26-25)16-21(29)27-14-6-7-18-15-17(2)8-9-20(18)27/h8-9,15,19H,5-7,10-14,16H2,1-4H3,(H,26,31). The Morgan fingerprint density at radius 1 is 1.23 bits per heavy atom. The minimum atomic E-state index is -0.825. The second kappa shape index (κ2) is 7.95. The van der Waals surface area contributed by atoms with Crippen molar-refractivity contribution in [1.82, 2.24) is 10.2 Å². The zero-order valence-corrected chi connectivity index (χ0v) is 19.3. The van der Waals surface area contributed by atoms with E-state index >= 15 is 0 Å². The summed E-state index contributed by atoms with van der Waals surface area (Å²) < 4.78 is 0. The number of anilines is 1. The molecule has 0 atom stereocenters. The molecule has 1 saturated heterocycles. The second-order valence-corrected chi connectivity index (χ2v) is 10.3. The van der Waals surface area contributed by atoms with Crippen LogP contribution in [0.1, 0.15) is 70.4 Å². The first-order valence-electron chi connectivity index (χ1n) is 11.7. The zero-order valence-electron chi connectivity index (χ0n) is 19.3. The van der Waals surface area contributed by atoms with Gasteiger partial charge in [0.1, 0.15) is 12.1 Å². The highest BCUT2D eigenvalue weighted by molar-refractivity contribution is 6.10. The number of amides is 4. The Labute approximate surface area is 185 Å². The third kappa shape index (κ3) is 3.85. The molecule has 6 nitrogen and oxygen atoms in total. The number of hydrogen-bond donors (Lipinski definition) is 1. The molecule has 2 fully saturated rings. The molecule has 31 heavy (non-hydrogen) atoms. The quantitative estimate of drug-likeness (QED) is 0.736. The summed E-state index contributed by atoms with van der Waals surface area (Å²) >= 11 is 0.